The lowest BCUT2D eigenvalue weighted by Gasteiger charge is -2.15. The van der Waals surface area contributed by atoms with E-state index < -0.39 is 0 Å². The van der Waals surface area contributed by atoms with Crippen LogP contribution in [0, 0.1) is 0 Å². The monoisotopic (exact) mass is 360 g/mol. The zero-order chi connectivity index (χ0) is 15.7. The fourth-order valence-electron chi connectivity index (χ4n) is 1.88. The maximum Gasteiger partial charge on any atom is 0.287 e. The Balaban J connectivity index is 2.14. The number of amides is 2. The number of carbonyl (C=O) groups excluding carboxylic acids is 2. The third-order valence-corrected chi connectivity index (χ3v) is 3.66. The lowest BCUT2D eigenvalue weighted by atomic mass is 10.3. The van der Waals surface area contributed by atoms with E-state index in [2.05, 4.69) is 40.4 Å². The van der Waals surface area contributed by atoms with Gasteiger partial charge in [0.15, 0.2) is 10.4 Å². The first-order chi connectivity index (χ1) is 10.1. The molecule has 0 aromatic carbocycles. The van der Waals surface area contributed by atoms with Crippen molar-refractivity contribution in [2.75, 3.05) is 32.7 Å². The standard InChI is InChI=1S/C14H22BrN3O3/c1-3-18(4-2)10-9-16-13(19)7-8-17-14(20)11-5-6-12(15)21-11/h5-6H,3-4,7-10H2,1-2H3,(H,16,19)(H,17,20)/p+1. The average molecular weight is 361 g/mol. The van der Waals surface area contributed by atoms with Gasteiger partial charge in [-0.3, -0.25) is 9.59 Å². The Bertz CT molecular complexity index is 458. The minimum Gasteiger partial charge on any atom is -0.444 e. The van der Waals surface area contributed by atoms with E-state index >= 15 is 0 Å². The largest absolute Gasteiger partial charge is 0.444 e. The van der Waals surface area contributed by atoms with Gasteiger partial charge in [-0.2, -0.15) is 0 Å². The Morgan fingerprint density at radius 1 is 1.19 bits per heavy atom. The van der Waals surface area contributed by atoms with Crippen LogP contribution in [-0.2, 0) is 4.79 Å². The van der Waals surface area contributed by atoms with Crippen LogP contribution >= 0.6 is 15.9 Å². The second-order valence-electron chi connectivity index (χ2n) is 4.67. The van der Waals surface area contributed by atoms with Crippen molar-refractivity contribution in [2.24, 2.45) is 0 Å². The summed E-state index contributed by atoms with van der Waals surface area (Å²) in [5, 5.41) is 5.50. The van der Waals surface area contributed by atoms with Crippen LogP contribution in [-0.4, -0.2) is 44.5 Å². The fraction of sp³-hybridized carbons (Fsp3) is 0.571. The molecule has 2 amide bonds. The molecule has 6 nitrogen and oxygen atoms in total. The maximum atomic E-state index is 11.7. The summed E-state index contributed by atoms with van der Waals surface area (Å²) in [7, 11) is 0. The van der Waals surface area contributed by atoms with E-state index in [0.717, 1.165) is 19.6 Å². The van der Waals surface area contributed by atoms with E-state index in [1.165, 1.54) is 4.90 Å². The van der Waals surface area contributed by atoms with Crippen LogP contribution in [0.15, 0.2) is 21.2 Å². The van der Waals surface area contributed by atoms with Gasteiger partial charge in [-0.25, -0.2) is 0 Å². The van der Waals surface area contributed by atoms with Gasteiger partial charge >= 0.3 is 0 Å². The molecule has 1 aromatic rings. The number of furan rings is 1. The molecule has 0 bridgehead atoms. The Hall–Kier alpha value is -1.34. The zero-order valence-electron chi connectivity index (χ0n) is 12.5. The van der Waals surface area contributed by atoms with Crippen LogP contribution < -0.4 is 15.5 Å². The van der Waals surface area contributed by atoms with Crippen LogP contribution in [0.5, 0.6) is 0 Å². The first-order valence-electron chi connectivity index (χ1n) is 7.20. The van der Waals surface area contributed by atoms with Crippen LogP contribution in [0.3, 0.4) is 0 Å². The van der Waals surface area contributed by atoms with Crippen molar-refractivity contribution in [1.82, 2.24) is 10.6 Å². The van der Waals surface area contributed by atoms with Crippen molar-refractivity contribution in [3.8, 4) is 0 Å². The fourth-order valence-corrected chi connectivity index (χ4v) is 2.19. The molecule has 0 atom stereocenters. The summed E-state index contributed by atoms with van der Waals surface area (Å²) in [5.41, 5.74) is 0. The van der Waals surface area contributed by atoms with E-state index in [1.807, 2.05) is 0 Å². The van der Waals surface area contributed by atoms with Gasteiger partial charge in [0.2, 0.25) is 5.91 Å². The second-order valence-corrected chi connectivity index (χ2v) is 5.45. The topological polar surface area (TPSA) is 75.8 Å². The molecule has 1 rings (SSSR count). The molecule has 21 heavy (non-hydrogen) atoms. The van der Waals surface area contributed by atoms with Crippen LogP contribution in [0.4, 0.5) is 0 Å². The van der Waals surface area contributed by atoms with E-state index in [4.69, 9.17) is 4.42 Å². The summed E-state index contributed by atoms with van der Waals surface area (Å²) >= 11 is 3.13. The van der Waals surface area contributed by atoms with E-state index in [9.17, 15) is 9.59 Å². The average Bonchev–Trinajstić information content (AvgIpc) is 2.90. The minimum atomic E-state index is -0.318. The predicted molar refractivity (Wildman–Crippen MR) is 83.3 cm³/mol. The molecule has 0 fully saturated rings. The van der Waals surface area contributed by atoms with Crippen molar-refractivity contribution in [2.45, 2.75) is 20.3 Å². The lowest BCUT2D eigenvalue weighted by Crippen LogP contribution is -3.12. The first-order valence-corrected chi connectivity index (χ1v) is 7.99. The van der Waals surface area contributed by atoms with Crippen molar-refractivity contribution in [1.29, 1.82) is 0 Å². The molecule has 0 radical (unpaired) electrons. The van der Waals surface area contributed by atoms with Crippen molar-refractivity contribution < 1.29 is 18.9 Å². The molecule has 0 aliphatic rings. The predicted octanol–water partition coefficient (Wildman–Crippen LogP) is 0.203. The third kappa shape index (κ3) is 6.77. The highest BCUT2D eigenvalue weighted by Crippen LogP contribution is 2.13. The Morgan fingerprint density at radius 2 is 1.90 bits per heavy atom. The number of quaternary nitrogens is 1. The van der Waals surface area contributed by atoms with Crippen molar-refractivity contribution >= 4 is 27.7 Å². The number of likely N-dealkylation sites (N-methyl/N-ethyl adjacent to an activating group) is 1. The highest BCUT2D eigenvalue weighted by Gasteiger charge is 2.10. The number of hydrogen-bond donors (Lipinski definition) is 3. The molecule has 0 aliphatic carbocycles. The zero-order valence-corrected chi connectivity index (χ0v) is 14.1. The number of rotatable bonds is 9. The third-order valence-electron chi connectivity index (χ3n) is 3.24. The summed E-state index contributed by atoms with van der Waals surface area (Å²) in [4.78, 5) is 24.7. The van der Waals surface area contributed by atoms with Gasteiger partial charge in [-0.1, -0.05) is 0 Å². The second kappa shape index (κ2) is 9.57. The molecule has 0 spiro atoms. The summed E-state index contributed by atoms with van der Waals surface area (Å²) in [6, 6.07) is 3.23. The van der Waals surface area contributed by atoms with Crippen LogP contribution in [0.25, 0.3) is 0 Å². The van der Waals surface area contributed by atoms with E-state index in [1.54, 1.807) is 12.1 Å². The highest BCUT2D eigenvalue weighted by atomic mass is 79.9. The molecule has 0 unspecified atom stereocenters. The molecule has 0 saturated heterocycles. The molecule has 7 heteroatoms. The lowest BCUT2D eigenvalue weighted by molar-refractivity contribution is -0.895. The molecular formula is C14H23BrN3O3+. The summed E-state index contributed by atoms with van der Waals surface area (Å²) in [6.45, 7) is 8.25. The smallest absolute Gasteiger partial charge is 0.287 e. The van der Waals surface area contributed by atoms with Crippen molar-refractivity contribution in [3.05, 3.63) is 22.6 Å². The molecule has 0 aliphatic heterocycles. The van der Waals surface area contributed by atoms with Gasteiger partial charge < -0.3 is 20.0 Å². The highest BCUT2D eigenvalue weighted by molar-refractivity contribution is 9.10. The SMILES string of the molecule is CC[NH+](CC)CCNC(=O)CCNC(=O)c1ccc(Br)o1. The normalized spacial score (nSPS) is 10.7. The number of nitrogens with one attached hydrogen (secondary N) is 3. The molecule has 3 N–H and O–H groups in total. The molecule has 1 aromatic heterocycles. The van der Waals surface area contributed by atoms with Gasteiger partial charge in [0.25, 0.3) is 5.91 Å². The molecule has 1 heterocycles. The van der Waals surface area contributed by atoms with Gasteiger partial charge in [0.05, 0.1) is 26.2 Å². The summed E-state index contributed by atoms with van der Waals surface area (Å²) in [6.07, 6.45) is 0.265. The van der Waals surface area contributed by atoms with E-state index in [0.29, 0.717) is 17.8 Å². The van der Waals surface area contributed by atoms with Crippen molar-refractivity contribution in [3.63, 3.8) is 0 Å². The van der Waals surface area contributed by atoms with Gasteiger partial charge in [-0.05, 0) is 41.9 Å². The maximum absolute atomic E-state index is 11.7. The molecule has 118 valence electrons. The van der Waals surface area contributed by atoms with Gasteiger partial charge in [0.1, 0.15) is 0 Å². The summed E-state index contributed by atoms with van der Waals surface area (Å²) in [5.74, 6) is -0.143. The summed E-state index contributed by atoms with van der Waals surface area (Å²) < 4.78 is 5.62. The minimum absolute atomic E-state index is 0.0533. The Labute approximate surface area is 133 Å². The van der Waals surface area contributed by atoms with E-state index in [-0.39, 0.29) is 24.0 Å². The molecular weight excluding hydrogens is 338 g/mol. The van der Waals surface area contributed by atoms with Gasteiger partial charge in [-0.15, -0.1) is 0 Å². The number of hydrogen-bond acceptors (Lipinski definition) is 3. The Kier molecular flexibility index (Phi) is 8.07. The van der Waals surface area contributed by atoms with Gasteiger partial charge in [0, 0.05) is 13.0 Å². The van der Waals surface area contributed by atoms with Crippen LogP contribution in [0.1, 0.15) is 30.8 Å². The number of carbonyl (C=O) groups is 2. The number of halogens is 1. The quantitative estimate of drug-likeness (QED) is 0.588. The molecule has 0 saturated carbocycles. The Morgan fingerprint density at radius 3 is 2.48 bits per heavy atom. The first kappa shape index (κ1) is 17.7. The van der Waals surface area contributed by atoms with Crippen LogP contribution in [0.2, 0.25) is 0 Å².